The molecule has 1 aromatic heterocycles. The highest BCUT2D eigenvalue weighted by atomic mass is 16.2. The zero-order chi connectivity index (χ0) is 14.7. The highest BCUT2D eigenvalue weighted by molar-refractivity contribution is 5.87. The Morgan fingerprint density at radius 2 is 2.43 bits per heavy atom. The lowest BCUT2D eigenvalue weighted by Gasteiger charge is -2.35. The van der Waals surface area contributed by atoms with E-state index in [9.17, 15) is 4.79 Å². The maximum Gasteiger partial charge on any atom is 0.243 e. The fourth-order valence-electron chi connectivity index (χ4n) is 3.94. The van der Waals surface area contributed by atoms with Crippen LogP contribution in [0.1, 0.15) is 57.1 Å². The van der Waals surface area contributed by atoms with Crippen LogP contribution >= 0.6 is 0 Å². The van der Waals surface area contributed by atoms with Crippen LogP contribution in [0.15, 0.2) is 24.5 Å². The minimum absolute atomic E-state index is 0.210. The third-order valence-electron chi connectivity index (χ3n) is 4.91. The molecule has 1 amide bonds. The highest BCUT2D eigenvalue weighted by Crippen LogP contribution is 2.36. The summed E-state index contributed by atoms with van der Waals surface area (Å²) in [5, 5.41) is 3.51. The Balaban J connectivity index is 1.82. The Morgan fingerprint density at radius 3 is 3.10 bits per heavy atom. The van der Waals surface area contributed by atoms with E-state index in [1.165, 1.54) is 5.56 Å². The van der Waals surface area contributed by atoms with Crippen molar-refractivity contribution in [2.75, 3.05) is 13.1 Å². The fourth-order valence-corrected chi connectivity index (χ4v) is 3.94. The van der Waals surface area contributed by atoms with Gasteiger partial charge >= 0.3 is 0 Å². The molecule has 1 aromatic rings. The van der Waals surface area contributed by atoms with Crippen LogP contribution in [0.2, 0.25) is 0 Å². The van der Waals surface area contributed by atoms with Crippen molar-refractivity contribution in [3.05, 3.63) is 30.1 Å². The van der Waals surface area contributed by atoms with E-state index >= 15 is 0 Å². The molecule has 3 rings (SSSR count). The summed E-state index contributed by atoms with van der Waals surface area (Å²) in [6, 6.07) is 4.27. The normalized spacial score (nSPS) is 29.0. The molecule has 0 aliphatic carbocycles. The van der Waals surface area contributed by atoms with Crippen LogP contribution in [0.25, 0.3) is 0 Å². The predicted octanol–water partition coefficient (Wildman–Crippen LogP) is 2.67. The average molecular weight is 287 g/mol. The van der Waals surface area contributed by atoms with Gasteiger partial charge in [0, 0.05) is 18.9 Å². The Labute approximate surface area is 126 Å². The standard InChI is InChI=1S/C17H25N3O/c1-2-8-17(9-5-11-19-17)16(21)20-12-4-7-15(20)14-6-3-10-18-13-14/h3,6,10,13,15,19H,2,4-5,7-9,11-12H2,1H3. The van der Waals surface area contributed by atoms with Crippen LogP contribution in [0.4, 0.5) is 0 Å². The van der Waals surface area contributed by atoms with E-state index in [2.05, 4.69) is 28.2 Å². The first-order chi connectivity index (χ1) is 10.3. The summed E-state index contributed by atoms with van der Waals surface area (Å²) in [5.41, 5.74) is 0.868. The zero-order valence-corrected chi connectivity index (χ0v) is 12.8. The van der Waals surface area contributed by atoms with Gasteiger partial charge in [0.25, 0.3) is 0 Å². The summed E-state index contributed by atoms with van der Waals surface area (Å²) >= 11 is 0. The largest absolute Gasteiger partial charge is 0.334 e. The van der Waals surface area contributed by atoms with Crippen LogP contribution in [-0.2, 0) is 4.79 Å². The number of carbonyl (C=O) groups is 1. The lowest BCUT2D eigenvalue weighted by molar-refractivity contribution is -0.139. The molecule has 4 nitrogen and oxygen atoms in total. The summed E-state index contributed by atoms with van der Waals surface area (Å²) < 4.78 is 0. The third-order valence-corrected chi connectivity index (χ3v) is 4.91. The minimum Gasteiger partial charge on any atom is -0.334 e. The number of aromatic nitrogens is 1. The monoisotopic (exact) mass is 287 g/mol. The molecule has 0 radical (unpaired) electrons. The van der Waals surface area contributed by atoms with E-state index in [1.54, 1.807) is 6.20 Å². The van der Waals surface area contributed by atoms with E-state index in [0.29, 0.717) is 5.91 Å². The van der Waals surface area contributed by atoms with Gasteiger partial charge in [0.05, 0.1) is 11.6 Å². The molecule has 1 N–H and O–H groups in total. The summed E-state index contributed by atoms with van der Waals surface area (Å²) in [6.45, 7) is 4.01. The first-order valence-corrected chi connectivity index (χ1v) is 8.23. The second-order valence-electron chi connectivity index (χ2n) is 6.31. The summed E-state index contributed by atoms with van der Waals surface area (Å²) in [5.74, 6) is 0.313. The average Bonchev–Trinajstić information content (AvgIpc) is 3.17. The summed E-state index contributed by atoms with van der Waals surface area (Å²) in [6.07, 6.45) is 9.93. The molecule has 114 valence electrons. The predicted molar refractivity (Wildman–Crippen MR) is 82.8 cm³/mol. The molecule has 0 bridgehead atoms. The van der Waals surface area contributed by atoms with E-state index < -0.39 is 0 Å². The van der Waals surface area contributed by atoms with E-state index in [-0.39, 0.29) is 11.6 Å². The van der Waals surface area contributed by atoms with Crippen molar-refractivity contribution in [1.29, 1.82) is 0 Å². The summed E-state index contributed by atoms with van der Waals surface area (Å²) in [4.78, 5) is 19.5. The number of amides is 1. The highest BCUT2D eigenvalue weighted by Gasteiger charge is 2.45. The van der Waals surface area contributed by atoms with Gasteiger partial charge in [-0.05, 0) is 50.3 Å². The zero-order valence-electron chi connectivity index (χ0n) is 12.8. The van der Waals surface area contributed by atoms with Crippen molar-refractivity contribution in [3.63, 3.8) is 0 Å². The van der Waals surface area contributed by atoms with Crippen molar-refractivity contribution in [1.82, 2.24) is 15.2 Å². The van der Waals surface area contributed by atoms with E-state index in [4.69, 9.17) is 0 Å². The number of nitrogens with one attached hydrogen (secondary N) is 1. The molecule has 2 fully saturated rings. The number of nitrogens with zero attached hydrogens (tertiary/aromatic N) is 2. The Bertz CT molecular complexity index is 482. The lowest BCUT2D eigenvalue weighted by Crippen LogP contribution is -2.54. The van der Waals surface area contributed by atoms with Gasteiger partial charge in [-0.2, -0.15) is 0 Å². The second-order valence-corrected chi connectivity index (χ2v) is 6.31. The van der Waals surface area contributed by atoms with Crippen molar-refractivity contribution in [3.8, 4) is 0 Å². The molecule has 21 heavy (non-hydrogen) atoms. The Morgan fingerprint density at radius 1 is 1.52 bits per heavy atom. The van der Waals surface area contributed by atoms with Gasteiger partial charge in [0.2, 0.25) is 5.91 Å². The second kappa shape index (κ2) is 6.14. The first kappa shape index (κ1) is 14.5. The molecule has 2 atom stereocenters. The molecule has 0 saturated carbocycles. The van der Waals surface area contributed by atoms with Crippen LogP contribution < -0.4 is 5.32 Å². The minimum atomic E-state index is -0.306. The first-order valence-electron chi connectivity index (χ1n) is 8.23. The maximum atomic E-state index is 13.2. The quantitative estimate of drug-likeness (QED) is 0.926. The van der Waals surface area contributed by atoms with Crippen LogP contribution in [0.5, 0.6) is 0 Å². The molecular weight excluding hydrogens is 262 g/mol. The van der Waals surface area contributed by atoms with E-state index in [0.717, 1.165) is 51.6 Å². The lowest BCUT2D eigenvalue weighted by atomic mass is 9.89. The molecule has 2 aliphatic rings. The van der Waals surface area contributed by atoms with Crippen molar-refractivity contribution in [2.24, 2.45) is 0 Å². The Hall–Kier alpha value is -1.42. The van der Waals surface area contributed by atoms with Crippen molar-refractivity contribution in [2.45, 2.75) is 57.0 Å². The smallest absolute Gasteiger partial charge is 0.243 e. The fraction of sp³-hybridized carbons (Fsp3) is 0.647. The molecule has 4 heteroatoms. The molecule has 0 spiro atoms. The van der Waals surface area contributed by atoms with Crippen LogP contribution in [-0.4, -0.2) is 34.4 Å². The van der Waals surface area contributed by atoms with Crippen molar-refractivity contribution >= 4 is 5.91 Å². The number of carbonyl (C=O) groups excluding carboxylic acids is 1. The number of rotatable bonds is 4. The number of likely N-dealkylation sites (tertiary alicyclic amines) is 1. The third kappa shape index (κ3) is 2.69. The van der Waals surface area contributed by atoms with Gasteiger partial charge in [-0.1, -0.05) is 19.4 Å². The van der Waals surface area contributed by atoms with Crippen LogP contribution in [0.3, 0.4) is 0 Å². The van der Waals surface area contributed by atoms with Gasteiger partial charge in [-0.3, -0.25) is 9.78 Å². The topological polar surface area (TPSA) is 45.2 Å². The molecule has 0 aromatic carbocycles. The van der Waals surface area contributed by atoms with Gasteiger partial charge in [-0.25, -0.2) is 0 Å². The SMILES string of the molecule is CCCC1(C(=O)N2CCCC2c2cccnc2)CCCN1. The summed E-state index contributed by atoms with van der Waals surface area (Å²) in [7, 11) is 0. The van der Waals surface area contributed by atoms with Gasteiger partial charge in [0.1, 0.15) is 0 Å². The maximum absolute atomic E-state index is 13.2. The van der Waals surface area contributed by atoms with Gasteiger partial charge in [0.15, 0.2) is 0 Å². The number of pyridine rings is 1. The van der Waals surface area contributed by atoms with Gasteiger partial charge in [-0.15, -0.1) is 0 Å². The Kier molecular flexibility index (Phi) is 4.24. The number of hydrogen-bond donors (Lipinski definition) is 1. The molecular formula is C17H25N3O. The molecule has 2 unspecified atom stereocenters. The molecule has 2 saturated heterocycles. The van der Waals surface area contributed by atoms with Gasteiger partial charge < -0.3 is 10.2 Å². The van der Waals surface area contributed by atoms with Crippen LogP contribution in [0, 0.1) is 0 Å². The molecule has 3 heterocycles. The van der Waals surface area contributed by atoms with E-state index in [1.807, 2.05) is 12.3 Å². The molecule has 2 aliphatic heterocycles. The number of hydrogen-bond acceptors (Lipinski definition) is 3. The van der Waals surface area contributed by atoms with Crippen molar-refractivity contribution < 1.29 is 4.79 Å².